The zero-order valence-electron chi connectivity index (χ0n) is 17.9. The Morgan fingerprint density at radius 2 is 1.81 bits per heavy atom. The van der Waals surface area contributed by atoms with Crippen molar-refractivity contribution < 1.29 is 19.1 Å². The Morgan fingerprint density at radius 3 is 2.56 bits per heavy atom. The Morgan fingerprint density at radius 1 is 1.06 bits per heavy atom. The van der Waals surface area contributed by atoms with Gasteiger partial charge in [0.1, 0.15) is 18.1 Å². The Kier molecular flexibility index (Phi) is 5.94. The number of ether oxygens (including phenoxy) is 2. The first kappa shape index (κ1) is 21.2. The molecule has 0 radical (unpaired) electrons. The summed E-state index contributed by atoms with van der Waals surface area (Å²) in [6, 6.07) is 22.6. The van der Waals surface area contributed by atoms with Crippen molar-refractivity contribution in [1.82, 2.24) is 0 Å². The second-order valence-electron chi connectivity index (χ2n) is 7.94. The van der Waals surface area contributed by atoms with E-state index in [1.54, 1.807) is 38.1 Å². The average molecular weight is 428 g/mol. The van der Waals surface area contributed by atoms with Gasteiger partial charge in [-0.3, -0.25) is 9.59 Å². The largest absolute Gasteiger partial charge is 0.489 e. The first-order valence-corrected chi connectivity index (χ1v) is 10.3. The van der Waals surface area contributed by atoms with Crippen LogP contribution in [-0.4, -0.2) is 17.4 Å². The highest BCUT2D eigenvalue weighted by Gasteiger charge is 2.35. The number of carbonyl (C=O) groups excluding carboxylic acids is 2. The molecule has 6 heteroatoms. The van der Waals surface area contributed by atoms with Crippen LogP contribution in [0.5, 0.6) is 11.5 Å². The van der Waals surface area contributed by atoms with Crippen molar-refractivity contribution in [2.45, 2.75) is 26.1 Å². The molecule has 1 aliphatic heterocycles. The predicted octanol–water partition coefficient (Wildman–Crippen LogP) is 5.03. The summed E-state index contributed by atoms with van der Waals surface area (Å²) in [6.45, 7) is 3.91. The minimum absolute atomic E-state index is 0.232. The number of anilines is 2. The molecule has 0 saturated heterocycles. The van der Waals surface area contributed by atoms with Gasteiger partial charge in [-0.1, -0.05) is 42.5 Å². The molecule has 1 heterocycles. The van der Waals surface area contributed by atoms with E-state index < -0.39 is 5.60 Å². The average Bonchev–Trinajstić information content (AvgIpc) is 2.78. The lowest BCUT2D eigenvalue weighted by Gasteiger charge is -2.31. The lowest BCUT2D eigenvalue weighted by atomic mass is 10.1. The minimum Gasteiger partial charge on any atom is -0.489 e. The first-order valence-electron chi connectivity index (χ1n) is 10.3. The zero-order chi connectivity index (χ0) is 22.6. The molecular formula is C26H24N2O4. The molecular weight excluding hydrogens is 404 g/mol. The number of amides is 2. The van der Waals surface area contributed by atoms with Crippen molar-refractivity contribution in [2.75, 3.05) is 10.6 Å². The first-order chi connectivity index (χ1) is 15.4. The van der Waals surface area contributed by atoms with Crippen LogP contribution in [-0.2, 0) is 16.2 Å². The fraction of sp³-hybridized carbons (Fsp3) is 0.154. The van der Waals surface area contributed by atoms with Crippen molar-refractivity contribution in [3.05, 3.63) is 90.0 Å². The third kappa shape index (κ3) is 5.16. The monoisotopic (exact) mass is 428 g/mol. The van der Waals surface area contributed by atoms with E-state index in [0.29, 0.717) is 23.7 Å². The highest BCUT2D eigenvalue weighted by molar-refractivity contribution is 6.04. The molecule has 0 saturated carbocycles. The molecule has 1 aliphatic rings. The summed E-state index contributed by atoms with van der Waals surface area (Å²) >= 11 is 0. The van der Waals surface area contributed by atoms with Crippen LogP contribution in [0.1, 0.15) is 25.0 Å². The maximum absolute atomic E-state index is 12.3. The fourth-order valence-electron chi connectivity index (χ4n) is 3.16. The van der Waals surface area contributed by atoms with Crippen molar-refractivity contribution in [1.29, 1.82) is 0 Å². The number of rotatable bonds is 6. The van der Waals surface area contributed by atoms with Crippen LogP contribution in [0.25, 0.3) is 6.08 Å². The van der Waals surface area contributed by atoms with Crippen LogP contribution in [0.4, 0.5) is 11.4 Å². The summed E-state index contributed by atoms with van der Waals surface area (Å²) in [7, 11) is 0. The number of nitrogens with one attached hydrogen (secondary N) is 2. The van der Waals surface area contributed by atoms with E-state index in [0.717, 1.165) is 16.9 Å². The number of benzene rings is 3. The summed E-state index contributed by atoms with van der Waals surface area (Å²) in [5, 5.41) is 5.59. The van der Waals surface area contributed by atoms with Gasteiger partial charge in [0.2, 0.25) is 5.91 Å². The number of fused-ring (bicyclic) bond motifs is 1. The molecule has 0 aromatic heterocycles. The molecule has 32 heavy (non-hydrogen) atoms. The van der Waals surface area contributed by atoms with Gasteiger partial charge in [-0.15, -0.1) is 0 Å². The molecule has 3 aromatic carbocycles. The van der Waals surface area contributed by atoms with Gasteiger partial charge in [0.05, 0.1) is 5.69 Å². The van der Waals surface area contributed by atoms with Crippen molar-refractivity contribution in [3.8, 4) is 11.5 Å². The highest BCUT2D eigenvalue weighted by atomic mass is 16.5. The maximum Gasteiger partial charge on any atom is 0.268 e. The molecule has 0 spiro atoms. The summed E-state index contributed by atoms with van der Waals surface area (Å²) in [5.41, 5.74) is 2.14. The van der Waals surface area contributed by atoms with E-state index in [1.807, 2.05) is 54.6 Å². The highest BCUT2D eigenvalue weighted by Crippen LogP contribution is 2.35. The summed E-state index contributed by atoms with van der Waals surface area (Å²) in [4.78, 5) is 24.4. The van der Waals surface area contributed by atoms with Crippen molar-refractivity contribution in [3.63, 3.8) is 0 Å². The van der Waals surface area contributed by atoms with Crippen LogP contribution in [0.3, 0.4) is 0 Å². The molecule has 0 aliphatic carbocycles. The molecule has 0 fully saturated rings. The van der Waals surface area contributed by atoms with E-state index >= 15 is 0 Å². The molecule has 4 rings (SSSR count). The van der Waals surface area contributed by atoms with Crippen LogP contribution in [0, 0.1) is 0 Å². The van der Waals surface area contributed by atoms with Gasteiger partial charge in [-0.2, -0.15) is 0 Å². The molecule has 0 unspecified atom stereocenters. The topological polar surface area (TPSA) is 76.7 Å². The van der Waals surface area contributed by atoms with Gasteiger partial charge in [-0.05, 0) is 61.4 Å². The standard InChI is InChI=1S/C26H24N2O4/c1-26(2)25(30)28-22-16-20(11-14-23(22)32-26)27-24(29)15-10-18-8-12-21(13-9-18)31-17-19-6-4-3-5-7-19/h3-16H,17H2,1-2H3,(H,27,29)(H,28,30)/b15-10+. The molecule has 0 bridgehead atoms. The summed E-state index contributed by atoms with van der Waals surface area (Å²) < 4.78 is 11.5. The Balaban J connectivity index is 1.33. The van der Waals surface area contributed by atoms with Gasteiger partial charge >= 0.3 is 0 Å². The lowest BCUT2D eigenvalue weighted by Crippen LogP contribution is -2.45. The third-order valence-electron chi connectivity index (χ3n) is 4.96. The Bertz CT molecular complexity index is 1150. The predicted molar refractivity (Wildman–Crippen MR) is 125 cm³/mol. The lowest BCUT2D eigenvalue weighted by molar-refractivity contribution is -0.129. The molecule has 2 amide bonds. The Hall–Kier alpha value is -4.06. The fourth-order valence-corrected chi connectivity index (χ4v) is 3.16. The molecule has 2 N–H and O–H groups in total. The van der Waals surface area contributed by atoms with Crippen molar-refractivity contribution >= 4 is 29.3 Å². The maximum atomic E-state index is 12.3. The summed E-state index contributed by atoms with van der Waals surface area (Å²) in [6.07, 6.45) is 3.18. The van der Waals surface area contributed by atoms with Gasteiger partial charge in [0, 0.05) is 11.8 Å². The van der Waals surface area contributed by atoms with E-state index in [9.17, 15) is 9.59 Å². The van der Waals surface area contributed by atoms with Crippen LogP contribution in [0.2, 0.25) is 0 Å². The number of hydrogen-bond donors (Lipinski definition) is 2. The van der Waals surface area contributed by atoms with Crippen LogP contribution in [0.15, 0.2) is 78.9 Å². The van der Waals surface area contributed by atoms with Gasteiger partial charge in [0.15, 0.2) is 5.60 Å². The van der Waals surface area contributed by atoms with Crippen LogP contribution < -0.4 is 20.1 Å². The molecule has 162 valence electrons. The number of carbonyl (C=O) groups is 2. The second-order valence-corrected chi connectivity index (χ2v) is 7.94. The van der Waals surface area contributed by atoms with E-state index in [-0.39, 0.29) is 11.8 Å². The Labute approximate surface area is 186 Å². The quantitative estimate of drug-likeness (QED) is 0.540. The summed E-state index contributed by atoms with van der Waals surface area (Å²) in [5.74, 6) is 0.817. The van der Waals surface area contributed by atoms with Crippen LogP contribution >= 0.6 is 0 Å². The smallest absolute Gasteiger partial charge is 0.268 e. The second kappa shape index (κ2) is 8.98. The van der Waals surface area contributed by atoms with E-state index in [2.05, 4.69) is 10.6 Å². The molecule has 3 aromatic rings. The third-order valence-corrected chi connectivity index (χ3v) is 4.96. The van der Waals surface area contributed by atoms with Crippen molar-refractivity contribution in [2.24, 2.45) is 0 Å². The van der Waals surface area contributed by atoms with Gasteiger partial charge in [-0.25, -0.2) is 0 Å². The SMILES string of the molecule is CC1(C)Oc2ccc(NC(=O)/C=C/c3ccc(OCc4ccccc4)cc3)cc2NC1=O. The molecule has 6 nitrogen and oxygen atoms in total. The normalized spacial score (nSPS) is 14.2. The van der Waals surface area contributed by atoms with Gasteiger partial charge < -0.3 is 20.1 Å². The van der Waals surface area contributed by atoms with E-state index in [1.165, 1.54) is 6.08 Å². The van der Waals surface area contributed by atoms with Gasteiger partial charge in [0.25, 0.3) is 5.91 Å². The zero-order valence-corrected chi connectivity index (χ0v) is 17.9. The molecule has 0 atom stereocenters. The van der Waals surface area contributed by atoms with E-state index in [4.69, 9.17) is 9.47 Å². The number of hydrogen-bond acceptors (Lipinski definition) is 4. The minimum atomic E-state index is -0.928.